The lowest BCUT2D eigenvalue weighted by Gasteiger charge is -2.10. The molecule has 1 rings (SSSR count). The van der Waals surface area contributed by atoms with E-state index < -0.39 is 29.8 Å². The average Bonchev–Trinajstić information content (AvgIpc) is 2.18. The zero-order valence-corrected chi connectivity index (χ0v) is 8.39. The second-order valence-corrected chi connectivity index (χ2v) is 2.73. The molecule has 3 N–H and O–H groups in total. The first-order valence-electron chi connectivity index (χ1n) is 3.84. The molecule has 0 saturated carbocycles. The van der Waals surface area contributed by atoms with Crippen molar-refractivity contribution in [1.29, 1.82) is 5.26 Å². The molecule has 0 aliphatic heterocycles. The van der Waals surface area contributed by atoms with Crippen LogP contribution in [0.15, 0.2) is 12.1 Å². The van der Waals surface area contributed by atoms with E-state index in [1.165, 1.54) is 6.07 Å². The van der Waals surface area contributed by atoms with Gasteiger partial charge in [-0.3, -0.25) is 0 Å². The van der Waals surface area contributed by atoms with Gasteiger partial charge >= 0.3 is 0 Å². The van der Waals surface area contributed by atoms with Gasteiger partial charge < -0.3 is 10.8 Å². The standard InChI is InChI=1S/C9H8F2N2O.ClH/c10-3-8(13)5-1-2-7(11)6(4-12)9(5)14;/h1-2,8,14H,3,13H2;1H/t8-;/m0./s1. The van der Waals surface area contributed by atoms with Crippen molar-refractivity contribution in [3.8, 4) is 11.8 Å². The third kappa shape index (κ3) is 2.55. The van der Waals surface area contributed by atoms with Crippen LogP contribution < -0.4 is 5.73 Å². The van der Waals surface area contributed by atoms with E-state index >= 15 is 0 Å². The molecule has 1 aromatic carbocycles. The van der Waals surface area contributed by atoms with Gasteiger partial charge in [-0.25, -0.2) is 8.78 Å². The number of phenolic OH excluding ortho intramolecular Hbond substituents is 1. The molecule has 82 valence electrons. The number of hydrogen-bond donors (Lipinski definition) is 2. The second-order valence-electron chi connectivity index (χ2n) is 2.73. The van der Waals surface area contributed by atoms with Crippen LogP contribution >= 0.6 is 12.4 Å². The SMILES string of the molecule is Cl.N#Cc1c(F)ccc([C@@H](N)CF)c1O. The summed E-state index contributed by atoms with van der Waals surface area (Å²) in [6.07, 6.45) is 0. The summed E-state index contributed by atoms with van der Waals surface area (Å²) in [5.41, 5.74) is 4.83. The normalized spacial score (nSPS) is 11.3. The third-order valence-electron chi connectivity index (χ3n) is 1.84. The van der Waals surface area contributed by atoms with E-state index in [4.69, 9.17) is 11.0 Å². The highest BCUT2D eigenvalue weighted by molar-refractivity contribution is 5.85. The molecule has 0 bridgehead atoms. The molecule has 3 nitrogen and oxygen atoms in total. The number of phenols is 1. The fourth-order valence-corrected chi connectivity index (χ4v) is 1.07. The van der Waals surface area contributed by atoms with Gasteiger partial charge in [0.1, 0.15) is 29.9 Å². The minimum Gasteiger partial charge on any atom is -0.506 e. The van der Waals surface area contributed by atoms with Crippen molar-refractivity contribution in [3.63, 3.8) is 0 Å². The minimum absolute atomic E-state index is 0. The summed E-state index contributed by atoms with van der Waals surface area (Å²) in [5, 5.41) is 17.9. The molecule has 6 heteroatoms. The first kappa shape index (κ1) is 13.6. The lowest BCUT2D eigenvalue weighted by molar-refractivity contribution is 0.411. The Morgan fingerprint density at radius 1 is 1.53 bits per heavy atom. The summed E-state index contributed by atoms with van der Waals surface area (Å²) < 4.78 is 25.1. The van der Waals surface area contributed by atoms with Crippen molar-refractivity contribution in [3.05, 3.63) is 29.1 Å². The first-order valence-corrected chi connectivity index (χ1v) is 3.84. The Morgan fingerprint density at radius 2 is 2.13 bits per heavy atom. The Labute approximate surface area is 91.5 Å². The number of nitrogens with zero attached hydrogens (tertiary/aromatic N) is 1. The minimum atomic E-state index is -1.04. The maximum atomic E-state index is 12.9. The summed E-state index contributed by atoms with van der Waals surface area (Å²) in [7, 11) is 0. The molecule has 1 aromatic rings. The average molecular weight is 235 g/mol. The Morgan fingerprint density at radius 3 is 2.60 bits per heavy atom. The fraction of sp³-hybridized carbons (Fsp3) is 0.222. The number of rotatable bonds is 2. The van der Waals surface area contributed by atoms with Crippen molar-refractivity contribution in [1.82, 2.24) is 0 Å². The van der Waals surface area contributed by atoms with Crippen molar-refractivity contribution < 1.29 is 13.9 Å². The molecule has 0 saturated heterocycles. The molecular weight excluding hydrogens is 226 g/mol. The van der Waals surface area contributed by atoms with Crippen molar-refractivity contribution in [2.45, 2.75) is 6.04 Å². The highest BCUT2D eigenvalue weighted by Crippen LogP contribution is 2.28. The molecule has 0 radical (unpaired) electrons. The van der Waals surface area contributed by atoms with Crippen LogP contribution in [-0.2, 0) is 0 Å². The number of benzene rings is 1. The fourth-order valence-electron chi connectivity index (χ4n) is 1.07. The lowest BCUT2D eigenvalue weighted by atomic mass is 10.0. The largest absolute Gasteiger partial charge is 0.506 e. The molecule has 0 amide bonds. The molecule has 0 aliphatic carbocycles. The maximum absolute atomic E-state index is 12.9. The lowest BCUT2D eigenvalue weighted by Crippen LogP contribution is -2.13. The van der Waals surface area contributed by atoms with Gasteiger partial charge in [0.2, 0.25) is 0 Å². The summed E-state index contributed by atoms with van der Waals surface area (Å²) in [6, 6.07) is 2.58. The van der Waals surface area contributed by atoms with Crippen LogP contribution in [0.5, 0.6) is 5.75 Å². The molecule has 15 heavy (non-hydrogen) atoms. The molecule has 0 unspecified atom stereocenters. The van der Waals surface area contributed by atoms with E-state index in [0.717, 1.165) is 12.1 Å². The van der Waals surface area contributed by atoms with Gasteiger partial charge in [-0.15, -0.1) is 12.4 Å². The highest BCUT2D eigenvalue weighted by Gasteiger charge is 2.16. The quantitative estimate of drug-likeness (QED) is 0.820. The molecule has 0 aliphatic rings. The van der Waals surface area contributed by atoms with Crippen molar-refractivity contribution in [2.24, 2.45) is 5.73 Å². The summed E-state index contributed by atoms with van der Waals surface area (Å²) >= 11 is 0. The van der Waals surface area contributed by atoms with Gasteiger partial charge in [-0.2, -0.15) is 5.26 Å². The van der Waals surface area contributed by atoms with E-state index in [2.05, 4.69) is 0 Å². The molecule has 0 heterocycles. The van der Waals surface area contributed by atoms with Crippen LogP contribution in [0.1, 0.15) is 17.2 Å². The topological polar surface area (TPSA) is 70.0 Å². The van der Waals surface area contributed by atoms with E-state index in [-0.39, 0.29) is 18.0 Å². The number of aromatic hydroxyl groups is 1. The van der Waals surface area contributed by atoms with Gasteiger partial charge in [0.15, 0.2) is 0 Å². The molecule has 0 fully saturated rings. The number of hydrogen-bond acceptors (Lipinski definition) is 3. The predicted molar refractivity (Wildman–Crippen MR) is 52.9 cm³/mol. The van der Waals surface area contributed by atoms with Crippen LogP contribution in [0.3, 0.4) is 0 Å². The summed E-state index contributed by atoms with van der Waals surface area (Å²) in [6.45, 7) is -0.885. The van der Waals surface area contributed by atoms with Gasteiger partial charge in [0, 0.05) is 5.56 Å². The summed E-state index contributed by atoms with van der Waals surface area (Å²) in [4.78, 5) is 0. The molecule has 0 aromatic heterocycles. The Balaban J connectivity index is 0.00000196. The molecule has 0 spiro atoms. The molecule has 1 atom stereocenters. The number of nitrogens with two attached hydrogens (primary N) is 1. The van der Waals surface area contributed by atoms with Gasteiger partial charge in [0.25, 0.3) is 0 Å². The maximum Gasteiger partial charge on any atom is 0.144 e. The number of nitriles is 1. The van der Waals surface area contributed by atoms with Crippen molar-refractivity contribution >= 4 is 12.4 Å². The van der Waals surface area contributed by atoms with Crippen LogP contribution in [0, 0.1) is 17.1 Å². The molecular formula is C9H9ClF2N2O. The van der Waals surface area contributed by atoms with Crippen LogP contribution in [-0.4, -0.2) is 11.8 Å². The van der Waals surface area contributed by atoms with E-state index in [0.29, 0.717) is 0 Å². The van der Waals surface area contributed by atoms with Crippen LogP contribution in [0.25, 0.3) is 0 Å². The monoisotopic (exact) mass is 234 g/mol. The van der Waals surface area contributed by atoms with Crippen LogP contribution in [0.2, 0.25) is 0 Å². The number of halogens is 3. The van der Waals surface area contributed by atoms with Crippen LogP contribution in [0.4, 0.5) is 8.78 Å². The predicted octanol–water partition coefficient (Wildman–Crippen LogP) is 1.79. The Kier molecular flexibility index (Phi) is 4.98. The number of alkyl halides is 1. The Bertz CT molecular complexity index is 392. The van der Waals surface area contributed by atoms with Gasteiger partial charge in [-0.05, 0) is 6.07 Å². The smallest absolute Gasteiger partial charge is 0.144 e. The second kappa shape index (κ2) is 5.49. The summed E-state index contributed by atoms with van der Waals surface area (Å²) in [5.74, 6) is -1.43. The van der Waals surface area contributed by atoms with Gasteiger partial charge in [-0.1, -0.05) is 6.07 Å². The van der Waals surface area contributed by atoms with Gasteiger partial charge in [0.05, 0.1) is 6.04 Å². The highest BCUT2D eigenvalue weighted by atomic mass is 35.5. The van der Waals surface area contributed by atoms with E-state index in [9.17, 15) is 13.9 Å². The Hall–Kier alpha value is -1.38. The van der Waals surface area contributed by atoms with E-state index in [1.807, 2.05) is 0 Å². The third-order valence-corrected chi connectivity index (χ3v) is 1.84. The van der Waals surface area contributed by atoms with Crippen molar-refractivity contribution in [2.75, 3.05) is 6.67 Å². The zero-order valence-electron chi connectivity index (χ0n) is 7.58. The van der Waals surface area contributed by atoms with E-state index in [1.54, 1.807) is 0 Å². The zero-order chi connectivity index (χ0) is 10.7. The first-order chi connectivity index (χ1) is 6.61.